The minimum absolute atomic E-state index is 0.316. The van der Waals surface area contributed by atoms with Gasteiger partial charge in [-0.15, -0.1) is 0 Å². The van der Waals surface area contributed by atoms with Crippen LogP contribution in [0.5, 0.6) is 0 Å². The van der Waals surface area contributed by atoms with Crippen LogP contribution in [0.1, 0.15) is 32.3 Å². The molecular formula is C21H24OSe. The molecule has 2 rings (SSSR count). The van der Waals surface area contributed by atoms with Gasteiger partial charge in [-0.25, -0.2) is 0 Å². The first kappa shape index (κ1) is 17.8. The molecule has 2 heteroatoms. The van der Waals surface area contributed by atoms with Crippen molar-refractivity contribution in [2.24, 2.45) is 0 Å². The van der Waals surface area contributed by atoms with Crippen molar-refractivity contribution in [2.75, 3.05) is 0 Å². The van der Waals surface area contributed by atoms with Gasteiger partial charge < -0.3 is 0 Å². The third kappa shape index (κ3) is 7.53. The van der Waals surface area contributed by atoms with Gasteiger partial charge in [-0.2, -0.15) is 0 Å². The Bertz CT molecular complexity index is 632. The molecule has 1 unspecified atom stereocenters. The molecule has 1 atom stereocenters. The maximum absolute atomic E-state index is 9.87. The number of hydrogen-bond acceptors (Lipinski definition) is 1. The number of hydrogen-bond donors (Lipinski definition) is 1. The second-order valence-corrected chi connectivity index (χ2v) is 8.80. The van der Waals surface area contributed by atoms with E-state index < -0.39 is 5.60 Å². The van der Waals surface area contributed by atoms with E-state index in [4.69, 9.17) is 0 Å². The molecule has 0 radical (unpaired) electrons. The van der Waals surface area contributed by atoms with Gasteiger partial charge in [0.1, 0.15) is 0 Å². The second kappa shape index (κ2) is 8.94. The van der Waals surface area contributed by atoms with Crippen molar-refractivity contribution in [3.63, 3.8) is 0 Å². The van der Waals surface area contributed by atoms with Crippen LogP contribution < -0.4 is 4.46 Å². The fourth-order valence-electron chi connectivity index (χ4n) is 2.22. The van der Waals surface area contributed by atoms with E-state index in [0.29, 0.717) is 19.8 Å². The monoisotopic (exact) mass is 372 g/mol. The van der Waals surface area contributed by atoms with Crippen molar-refractivity contribution in [3.05, 3.63) is 66.2 Å². The molecule has 2 aromatic carbocycles. The van der Waals surface area contributed by atoms with Crippen LogP contribution in [-0.2, 0) is 6.42 Å². The standard InChI is InChI=1S/C21H24OSe/c1-21(2,22)17-16-20(23-19-13-7-4-8-14-19)15-9-12-18-10-5-3-6-11-18/h3-8,10-11,13-14,20,22H,9,12,15H2,1-2H3. The fraction of sp³-hybridized carbons (Fsp3) is 0.333. The molecule has 0 aromatic heterocycles. The number of aryl methyl sites for hydroxylation is 1. The molecule has 1 nitrogen and oxygen atoms in total. The predicted molar refractivity (Wildman–Crippen MR) is 99.0 cm³/mol. The SMILES string of the molecule is CC(C)(O)C#CC(CCCc1ccccc1)[Se]c1ccccc1. The Hall–Kier alpha value is -1.52. The van der Waals surface area contributed by atoms with E-state index in [1.54, 1.807) is 13.8 Å². The average Bonchev–Trinajstić information content (AvgIpc) is 2.54. The van der Waals surface area contributed by atoms with Gasteiger partial charge in [0.25, 0.3) is 0 Å². The Balaban J connectivity index is 1.96. The van der Waals surface area contributed by atoms with E-state index in [1.807, 2.05) is 6.07 Å². The fourth-order valence-corrected chi connectivity index (χ4v) is 4.41. The summed E-state index contributed by atoms with van der Waals surface area (Å²) in [5.74, 6) is 6.33. The zero-order valence-electron chi connectivity index (χ0n) is 13.8. The molecule has 0 saturated carbocycles. The molecule has 0 aliphatic carbocycles. The van der Waals surface area contributed by atoms with Crippen LogP contribution in [-0.4, -0.2) is 25.7 Å². The van der Waals surface area contributed by atoms with Crippen LogP contribution in [0, 0.1) is 11.8 Å². The third-order valence-electron chi connectivity index (χ3n) is 3.34. The van der Waals surface area contributed by atoms with Gasteiger partial charge in [-0.1, -0.05) is 0 Å². The Labute approximate surface area is 146 Å². The van der Waals surface area contributed by atoms with Crippen LogP contribution in [0.15, 0.2) is 60.7 Å². The van der Waals surface area contributed by atoms with Crippen LogP contribution in [0.2, 0.25) is 4.82 Å². The molecule has 0 heterocycles. The Kier molecular flexibility index (Phi) is 6.93. The number of benzene rings is 2. The van der Waals surface area contributed by atoms with Crippen LogP contribution >= 0.6 is 0 Å². The van der Waals surface area contributed by atoms with Gasteiger partial charge in [0, 0.05) is 0 Å². The van der Waals surface area contributed by atoms with Crippen molar-refractivity contribution in [1.82, 2.24) is 0 Å². The molecule has 0 amide bonds. The normalized spacial score (nSPS) is 12.3. The summed E-state index contributed by atoms with van der Waals surface area (Å²) >= 11 is 0.316. The summed E-state index contributed by atoms with van der Waals surface area (Å²) < 4.78 is 1.37. The third-order valence-corrected chi connectivity index (χ3v) is 5.82. The summed E-state index contributed by atoms with van der Waals surface area (Å²) in [6.07, 6.45) is 3.29. The van der Waals surface area contributed by atoms with E-state index in [2.05, 4.69) is 66.4 Å². The van der Waals surface area contributed by atoms with E-state index in [0.717, 1.165) is 19.3 Å². The van der Waals surface area contributed by atoms with E-state index in [1.165, 1.54) is 10.0 Å². The molecule has 120 valence electrons. The summed E-state index contributed by atoms with van der Waals surface area (Å²) in [6.45, 7) is 3.49. The van der Waals surface area contributed by atoms with Crippen molar-refractivity contribution >= 4 is 19.4 Å². The van der Waals surface area contributed by atoms with Gasteiger partial charge in [0.2, 0.25) is 0 Å². The number of aliphatic hydroxyl groups is 1. The Morgan fingerprint density at radius 3 is 2.22 bits per heavy atom. The zero-order chi connectivity index (χ0) is 16.5. The molecule has 0 bridgehead atoms. The van der Waals surface area contributed by atoms with Crippen molar-refractivity contribution < 1.29 is 5.11 Å². The van der Waals surface area contributed by atoms with Crippen molar-refractivity contribution in [2.45, 2.75) is 43.5 Å². The number of rotatable bonds is 6. The Morgan fingerprint density at radius 2 is 1.61 bits per heavy atom. The van der Waals surface area contributed by atoms with Crippen LogP contribution in [0.4, 0.5) is 0 Å². The first-order valence-electron chi connectivity index (χ1n) is 8.04. The minimum atomic E-state index is -0.912. The average molecular weight is 371 g/mol. The van der Waals surface area contributed by atoms with Gasteiger partial charge >= 0.3 is 146 Å². The second-order valence-electron chi connectivity index (χ2n) is 6.13. The maximum atomic E-state index is 9.87. The summed E-state index contributed by atoms with van der Waals surface area (Å²) in [4.78, 5) is 0.347. The van der Waals surface area contributed by atoms with Gasteiger partial charge in [-0.3, -0.25) is 0 Å². The molecule has 0 saturated heterocycles. The molecule has 0 fully saturated rings. The van der Waals surface area contributed by atoms with Gasteiger partial charge in [0.15, 0.2) is 0 Å². The zero-order valence-corrected chi connectivity index (χ0v) is 15.5. The van der Waals surface area contributed by atoms with Crippen LogP contribution in [0.3, 0.4) is 0 Å². The van der Waals surface area contributed by atoms with Crippen LogP contribution in [0.25, 0.3) is 0 Å². The first-order chi connectivity index (χ1) is 11.0. The summed E-state index contributed by atoms with van der Waals surface area (Å²) in [5.41, 5.74) is 0.471. The summed E-state index contributed by atoms with van der Waals surface area (Å²) in [7, 11) is 0. The van der Waals surface area contributed by atoms with Gasteiger partial charge in [0.05, 0.1) is 0 Å². The molecule has 0 spiro atoms. The molecular weight excluding hydrogens is 347 g/mol. The van der Waals surface area contributed by atoms with Crippen molar-refractivity contribution in [3.8, 4) is 11.8 Å². The molecule has 2 aromatic rings. The van der Waals surface area contributed by atoms with E-state index in [-0.39, 0.29) is 0 Å². The first-order valence-corrected chi connectivity index (χ1v) is 9.88. The molecule has 23 heavy (non-hydrogen) atoms. The molecule has 0 aliphatic rings. The summed E-state index contributed by atoms with van der Waals surface area (Å²) in [5, 5.41) is 9.87. The topological polar surface area (TPSA) is 20.2 Å². The summed E-state index contributed by atoms with van der Waals surface area (Å²) in [6, 6.07) is 21.2. The predicted octanol–water partition coefficient (Wildman–Crippen LogP) is 3.60. The quantitative estimate of drug-likeness (QED) is 0.608. The Morgan fingerprint density at radius 1 is 1.00 bits per heavy atom. The molecule has 1 N–H and O–H groups in total. The van der Waals surface area contributed by atoms with E-state index >= 15 is 0 Å². The van der Waals surface area contributed by atoms with E-state index in [9.17, 15) is 5.11 Å². The van der Waals surface area contributed by atoms with Gasteiger partial charge in [-0.05, 0) is 0 Å². The van der Waals surface area contributed by atoms with Crippen molar-refractivity contribution in [1.29, 1.82) is 0 Å². The molecule has 0 aliphatic heterocycles.